The first-order valence-corrected chi connectivity index (χ1v) is 5.46. The summed E-state index contributed by atoms with van der Waals surface area (Å²) < 4.78 is 13.1. The van der Waals surface area contributed by atoms with Crippen molar-refractivity contribution in [2.45, 2.75) is 6.92 Å². The van der Waals surface area contributed by atoms with Gasteiger partial charge in [0, 0.05) is 11.1 Å². The highest BCUT2D eigenvalue weighted by Gasteiger charge is 2.04. The second kappa shape index (κ2) is 3.90. The fourth-order valence-electron chi connectivity index (χ4n) is 1.30. The van der Waals surface area contributed by atoms with Crippen molar-refractivity contribution < 1.29 is 4.39 Å². The molecular formula is C11H11FN2S. The molecule has 78 valence electrons. The van der Waals surface area contributed by atoms with Crippen LogP contribution in [0.3, 0.4) is 0 Å². The van der Waals surface area contributed by atoms with Crippen molar-refractivity contribution in [1.29, 1.82) is 0 Å². The fourth-order valence-corrected chi connectivity index (χ4v) is 1.88. The van der Waals surface area contributed by atoms with E-state index in [1.54, 1.807) is 24.3 Å². The average Bonchev–Trinajstić information content (AvgIpc) is 2.67. The average molecular weight is 222 g/mol. The van der Waals surface area contributed by atoms with Gasteiger partial charge in [0.25, 0.3) is 0 Å². The van der Waals surface area contributed by atoms with Crippen molar-refractivity contribution in [3.8, 4) is 0 Å². The van der Waals surface area contributed by atoms with Crippen molar-refractivity contribution in [3.63, 3.8) is 0 Å². The molecule has 1 aromatic heterocycles. The van der Waals surface area contributed by atoms with E-state index >= 15 is 0 Å². The summed E-state index contributed by atoms with van der Waals surface area (Å²) in [6.45, 7) is 1.72. The molecule has 2 rings (SSSR count). The molecule has 15 heavy (non-hydrogen) atoms. The zero-order valence-corrected chi connectivity index (χ0v) is 9.07. The molecule has 4 heteroatoms. The van der Waals surface area contributed by atoms with Crippen molar-refractivity contribution in [2.75, 3.05) is 11.1 Å². The van der Waals surface area contributed by atoms with Crippen LogP contribution in [0.1, 0.15) is 5.56 Å². The minimum Gasteiger partial charge on any atom is -0.397 e. The van der Waals surface area contributed by atoms with Crippen molar-refractivity contribution in [2.24, 2.45) is 0 Å². The van der Waals surface area contributed by atoms with Gasteiger partial charge in [-0.2, -0.15) is 11.3 Å². The highest BCUT2D eigenvalue weighted by molar-refractivity contribution is 7.08. The lowest BCUT2D eigenvalue weighted by atomic mass is 10.2. The van der Waals surface area contributed by atoms with Crippen LogP contribution in [0.4, 0.5) is 21.5 Å². The number of nitrogens with two attached hydrogens (primary N) is 1. The molecule has 0 aliphatic heterocycles. The van der Waals surface area contributed by atoms with E-state index < -0.39 is 0 Å². The summed E-state index contributed by atoms with van der Waals surface area (Å²) in [5.74, 6) is -0.275. The molecule has 2 nitrogen and oxygen atoms in total. The summed E-state index contributed by atoms with van der Waals surface area (Å²) in [7, 11) is 0. The lowest BCUT2D eigenvalue weighted by Crippen LogP contribution is -1.97. The van der Waals surface area contributed by atoms with Crippen LogP contribution < -0.4 is 11.1 Å². The Morgan fingerprint density at radius 1 is 1.40 bits per heavy atom. The second-order valence-electron chi connectivity index (χ2n) is 3.33. The maximum Gasteiger partial charge on any atom is 0.128 e. The number of rotatable bonds is 2. The standard InChI is InChI=1S/C11H11FN2S/c1-7-4-11(10(13)5-9(7)12)14-8-2-3-15-6-8/h2-6,14H,13H2,1H3. The van der Waals surface area contributed by atoms with Crippen LogP contribution in [0.25, 0.3) is 0 Å². The molecule has 0 fully saturated rings. The van der Waals surface area contributed by atoms with Crippen LogP contribution in [0.15, 0.2) is 29.0 Å². The van der Waals surface area contributed by atoms with E-state index in [0.29, 0.717) is 11.3 Å². The number of nitrogen functional groups attached to an aromatic ring is 1. The molecule has 0 saturated carbocycles. The molecule has 0 amide bonds. The Morgan fingerprint density at radius 3 is 2.87 bits per heavy atom. The van der Waals surface area contributed by atoms with E-state index in [1.165, 1.54) is 6.07 Å². The van der Waals surface area contributed by atoms with E-state index in [4.69, 9.17) is 5.73 Å². The Labute approximate surface area is 91.5 Å². The number of thiophene rings is 1. The van der Waals surface area contributed by atoms with Crippen molar-refractivity contribution in [3.05, 3.63) is 40.3 Å². The van der Waals surface area contributed by atoms with Crippen LogP contribution in [0, 0.1) is 12.7 Å². The smallest absolute Gasteiger partial charge is 0.128 e. The summed E-state index contributed by atoms with van der Waals surface area (Å²) in [6.07, 6.45) is 0. The fraction of sp³-hybridized carbons (Fsp3) is 0.0909. The molecule has 2 aromatic rings. The van der Waals surface area contributed by atoms with Gasteiger partial charge in [0.15, 0.2) is 0 Å². The second-order valence-corrected chi connectivity index (χ2v) is 4.11. The van der Waals surface area contributed by atoms with Gasteiger partial charge in [-0.15, -0.1) is 0 Å². The Kier molecular flexibility index (Phi) is 2.60. The number of hydrogen-bond acceptors (Lipinski definition) is 3. The van der Waals surface area contributed by atoms with Gasteiger partial charge in [-0.25, -0.2) is 4.39 Å². The third-order valence-corrected chi connectivity index (χ3v) is 2.81. The molecule has 0 unspecified atom stereocenters. The molecule has 1 aromatic carbocycles. The number of benzene rings is 1. The van der Waals surface area contributed by atoms with Crippen molar-refractivity contribution in [1.82, 2.24) is 0 Å². The third-order valence-electron chi connectivity index (χ3n) is 2.13. The number of nitrogens with one attached hydrogen (secondary N) is 1. The molecule has 0 spiro atoms. The lowest BCUT2D eigenvalue weighted by molar-refractivity contribution is 0.619. The summed E-state index contributed by atoms with van der Waals surface area (Å²) >= 11 is 1.59. The summed E-state index contributed by atoms with van der Waals surface area (Å²) in [4.78, 5) is 0. The first-order chi connectivity index (χ1) is 7.16. The van der Waals surface area contributed by atoms with Gasteiger partial charge in [0.1, 0.15) is 5.82 Å². The molecule has 1 heterocycles. The highest BCUT2D eigenvalue weighted by Crippen LogP contribution is 2.26. The van der Waals surface area contributed by atoms with E-state index in [-0.39, 0.29) is 5.82 Å². The monoisotopic (exact) mass is 222 g/mol. The molecule has 0 saturated heterocycles. The first kappa shape index (κ1) is 9.98. The van der Waals surface area contributed by atoms with Gasteiger partial charge in [-0.05, 0) is 36.1 Å². The van der Waals surface area contributed by atoms with Crippen LogP contribution in [-0.4, -0.2) is 0 Å². The molecule has 0 radical (unpaired) electrons. The van der Waals surface area contributed by atoms with E-state index in [1.807, 2.05) is 16.8 Å². The number of anilines is 3. The summed E-state index contributed by atoms with van der Waals surface area (Å²) in [5, 5.41) is 7.08. The van der Waals surface area contributed by atoms with Gasteiger partial charge in [-0.3, -0.25) is 0 Å². The maximum absolute atomic E-state index is 13.1. The topological polar surface area (TPSA) is 38.0 Å². The Bertz CT molecular complexity index is 466. The molecule has 0 bridgehead atoms. The van der Waals surface area contributed by atoms with Crippen LogP contribution in [-0.2, 0) is 0 Å². The zero-order chi connectivity index (χ0) is 10.8. The number of aryl methyl sites for hydroxylation is 1. The van der Waals surface area contributed by atoms with Crippen molar-refractivity contribution >= 4 is 28.4 Å². The SMILES string of the molecule is Cc1cc(Nc2ccsc2)c(N)cc1F. The predicted octanol–water partition coefficient (Wildman–Crippen LogP) is 3.52. The normalized spacial score (nSPS) is 10.3. The Balaban J connectivity index is 2.33. The molecule has 0 aliphatic carbocycles. The number of halogens is 1. The molecule has 3 N–H and O–H groups in total. The first-order valence-electron chi connectivity index (χ1n) is 4.51. The minimum absolute atomic E-state index is 0.275. The Morgan fingerprint density at radius 2 is 2.20 bits per heavy atom. The molecule has 0 atom stereocenters. The Hall–Kier alpha value is -1.55. The van der Waals surface area contributed by atoms with Gasteiger partial charge >= 0.3 is 0 Å². The van der Waals surface area contributed by atoms with Gasteiger partial charge in [0.05, 0.1) is 11.4 Å². The minimum atomic E-state index is -0.275. The summed E-state index contributed by atoms with van der Waals surface area (Å²) in [5.41, 5.74) is 8.43. The molecular weight excluding hydrogens is 211 g/mol. The quantitative estimate of drug-likeness (QED) is 0.763. The third kappa shape index (κ3) is 2.10. The van der Waals surface area contributed by atoms with Gasteiger partial charge < -0.3 is 11.1 Å². The zero-order valence-electron chi connectivity index (χ0n) is 8.25. The largest absolute Gasteiger partial charge is 0.397 e. The molecule has 0 aliphatic rings. The predicted molar refractivity (Wildman–Crippen MR) is 63.2 cm³/mol. The highest BCUT2D eigenvalue weighted by atomic mass is 32.1. The lowest BCUT2D eigenvalue weighted by Gasteiger charge is -2.09. The number of hydrogen-bond donors (Lipinski definition) is 2. The van der Waals surface area contributed by atoms with E-state index in [9.17, 15) is 4.39 Å². The summed E-state index contributed by atoms with van der Waals surface area (Å²) in [6, 6.07) is 5.00. The van der Waals surface area contributed by atoms with Crippen LogP contribution >= 0.6 is 11.3 Å². The van der Waals surface area contributed by atoms with E-state index in [2.05, 4.69) is 5.32 Å². The van der Waals surface area contributed by atoms with Gasteiger partial charge in [-0.1, -0.05) is 0 Å². The van der Waals surface area contributed by atoms with Gasteiger partial charge in [0.2, 0.25) is 0 Å². The van der Waals surface area contributed by atoms with Crippen LogP contribution in [0.2, 0.25) is 0 Å². The maximum atomic E-state index is 13.1. The van der Waals surface area contributed by atoms with E-state index in [0.717, 1.165) is 11.4 Å². The van der Waals surface area contributed by atoms with Crippen LogP contribution in [0.5, 0.6) is 0 Å².